The number of anilines is 1. The van der Waals surface area contributed by atoms with Crippen LogP contribution in [0.3, 0.4) is 0 Å². The highest BCUT2D eigenvalue weighted by atomic mass is 35.5. The fraction of sp³-hybridized carbons (Fsp3) is 0.167. The van der Waals surface area contributed by atoms with Gasteiger partial charge in [-0.2, -0.15) is 0 Å². The fourth-order valence-corrected chi connectivity index (χ4v) is 1.42. The van der Waals surface area contributed by atoms with Crippen molar-refractivity contribution in [3.8, 4) is 0 Å². The zero-order chi connectivity index (χ0) is 12.1. The van der Waals surface area contributed by atoms with Gasteiger partial charge in [-0.25, -0.2) is 4.98 Å². The molecule has 2 aromatic rings. The van der Waals surface area contributed by atoms with Crippen LogP contribution in [0.1, 0.15) is 11.3 Å². The van der Waals surface area contributed by atoms with Crippen molar-refractivity contribution in [1.82, 2.24) is 9.97 Å². The van der Waals surface area contributed by atoms with Gasteiger partial charge in [0.15, 0.2) is 0 Å². The molecule has 2 N–H and O–H groups in total. The fourth-order valence-electron chi connectivity index (χ4n) is 1.29. The summed E-state index contributed by atoms with van der Waals surface area (Å²) in [5, 5.41) is 0.721. The molecule has 2 rings (SSSR count). The lowest BCUT2D eigenvalue weighted by Crippen LogP contribution is -1.99. The van der Waals surface area contributed by atoms with E-state index >= 15 is 0 Å². The summed E-state index contributed by atoms with van der Waals surface area (Å²) in [6.07, 6.45) is 3.12. The summed E-state index contributed by atoms with van der Waals surface area (Å²) < 4.78 is 5.50. The van der Waals surface area contributed by atoms with Crippen LogP contribution >= 0.6 is 11.6 Å². The molecule has 0 amide bonds. The second kappa shape index (κ2) is 5.61. The summed E-state index contributed by atoms with van der Waals surface area (Å²) >= 11 is 5.79. The van der Waals surface area contributed by atoms with E-state index in [2.05, 4.69) is 9.97 Å². The van der Waals surface area contributed by atoms with Crippen LogP contribution in [0.15, 0.2) is 36.7 Å². The van der Waals surface area contributed by atoms with Gasteiger partial charge < -0.3 is 10.5 Å². The van der Waals surface area contributed by atoms with Gasteiger partial charge in [-0.1, -0.05) is 23.7 Å². The highest BCUT2D eigenvalue weighted by molar-refractivity contribution is 6.30. The second-order valence-electron chi connectivity index (χ2n) is 3.55. The average Bonchev–Trinajstić information content (AvgIpc) is 2.34. The molecule has 0 radical (unpaired) electrons. The van der Waals surface area contributed by atoms with Gasteiger partial charge in [-0.05, 0) is 17.7 Å². The summed E-state index contributed by atoms with van der Waals surface area (Å²) in [6, 6.07) is 7.53. The van der Waals surface area contributed by atoms with Crippen LogP contribution in [0.25, 0.3) is 0 Å². The molecule has 0 aliphatic rings. The molecule has 1 aromatic heterocycles. The van der Waals surface area contributed by atoms with E-state index in [0.29, 0.717) is 19.0 Å². The summed E-state index contributed by atoms with van der Waals surface area (Å²) in [5.74, 6) is 0.409. The number of rotatable bonds is 4. The van der Waals surface area contributed by atoms with Crippen molar-refractivity contribution < 1.29 is 4.74 Å². The Kier molecular flexibility index (Phi) is 3.90. The molecule has 1 aromatic carbocycles. The van der Waals surface area contributed by atoms with Crippen molar-refractivity contribution >= 4 is 17.4 Å². The Morgan fingerprint density at radius 3 is 2.47 bits per heavy atom. The number of halogens is 1. The molecule has 0 fully saturated rings. The highest BCUT2D eigenvalue weighted by Gasteiger charge is 1.97. The molecular weight excluding hydrogens is 238 g/mol. The number of nitrogen functional groups attached to an aromatic ring is 1. The van der Waals surface area contributed by atoms with Crippen LogP contribution in [-0.4, -0.2) is 9.97 Å². The van der Waals surface area contributed by atoms with Gasteiger partial charge in [0.2, 0.25) is 0 Å². The van der Waals surface area contributed by atoms with Gasteiger partial charge in [0.1, 0.15) is 5.82 Å². The SMILES string of the molecule is Nc1cnc(COCc2ccc(Cl)cc2)cn1. The molecule has 1 heterocycles. The molecule has 0 aliphatic carbocycles. The predicted octanol–water partition coefficient (Wildman–Crippen LogP) is 2.43. The van der Waals surface area contributed by atoms with Gasteiger partial charge in [0.05, 0.1) is 31.3 Å². The largest absolute Gasteiger partial charge is 0.382 e. The maximum absolute atomic E-state index is 5.79. The Balaban J connectivity index is 1.83. The lowest BCUT2D eigenvalue weighted by molar-refractivity contribution is 0.104. The van der Waals surface area contributed by atoms with E-state index < -0.39 is 0 Å². The monoisotopic (exact) mass is 249 g/mol. The van der Waals surface area contributed by atoms with E-state index in [1.165, 1.54) is 6.20 Å². The number of nitrogens with two attached hydrogens (primary N) is 1. The van der Waals surface area contributed by atoms with E-state index in [0.717, 1.165) is 16.3 Å². The maximum Gasteiger partial charge on any atom is 0.141 e. The van der Waals surface area contributed by atoms with Crippen molar-refractivity contribution in [2.75, 3.05) is 5.73 Å². The summed E-state index contributed by atoms with van der Waals surface area (Å²) in [5.41, 5.74) is 7.26. The molecule has 4 nitrogen and oxygen atoms in total. The summed E-state index contributed by atoms with van der Waals surface area (Å²) in [7, 11) is 0. The predicted molar refractivity (Wildman–Crippen MR) is 66.4 cm³/mol. The van der Waals surface area contributed by atoms with Crippen molar-refractivity contribution in [3.63, 3.8) is 0 Å². The Morgan fingerprint density at radius 1 is 1.06 bits per heavy atom. The number of hydrogen-bond donors (Lipinski definition) is 1. The zero-order valence-corrected chi connectivity index (χ0v) is 9.89. The smallest absolute Gasteiger partial charge is 0.141 e. The van der Waals surface area contributed by atoms with E-state index in [1.807, 2.05) is 24.3 Å². The lowest BCUT2D eigenvalue weighted by atomic mass is 10.2. The van der Waals surface area contributed by atoms with E-state index in [4.69, 9.17) is 22.1 Å². The lowest BCUT2D eigenvalue weighted by Gasteiger charge is -2.04. The molecule has 0 saturated carbocycles. The molecule has 88 valence electrons. The first-order valence-corrected chi connectivity index (χ1v) is 5.50. The Labute approximate surface area is 104 Å². The third-order valence-electron chi connectivity index (χ3n) is 2.16. The minimum Gasteiger partial charge on any atom is -0.382 e. The van der Waals surface area contributed by atoms with E-state index in [9.17, 15) is 0 Å². The number of aromatic nitrogens is 2. The molecule has 0 bridgehead atoms. The second-order valence-corrected chi connectivity index (χ2v) is 3.99. The molecule has 0 aliphatic heterocycles. The number of ether oxygens (including phenoxy) is 1. The highest BCUT2D eigenvalue weighted by Crippen LogP contribution is 2.10. The van der Waals surface area contributed by atoms with Crippen LogP contribution in [0.2, 0.25) is 5.02 Å². The Bertz CT molecular complexity index is 425. The zero-order valence-electron chi connectivity index (χ0n) is 9.14. The van der Waals surface area contributed by atoms with Gasteiger partial charge >= 0.3 is 0 Å². The van der Waals surface area contributed by atoms with E-state index in [-0.39, 0.29) is 0 Å². The topological polar surface area (TPSA) is 61.0 Å². The van der Waals surface area contributed by atoms with Crippen LogP contribution in [0.5, 0.6) is 0 Å². The van der Waals surface area contributed by atoms with Crippen molar-refractivity contribution in [2.24, 2.45) is 0 Å². The third-order valence-corrected chi connectivity index (χ3v) is 2.41. The van der Waals surface area contributed by atoms with Gasteiger partial charge in [-0.3, -0.25) is 4.98 Å². The van der Waals surface area contributed by atoms with Crippen LogP contribution in [0, 0.1) is 0 Å². The molecule has 0 spiro atoms. The van der Waals surface area contributed by atoms with Crippen molar-refractivity contribution in [1.29, 1.82) is 0 Å². The minimum absolute atomic E-state index is 0.409. The van der Waals surface area contributed by atoms with Crippen LogP contribution in [0.4, 0.5) is 5.82 Å². The summed E-state index contributed by atoms with van der Waals surface area (Å²) in [4.78, 5) is 8.02. The average molecular weight is 250 g/mol. The summed E-state index contributed by atoms with van der Waals surface area (Å²) in [6.45, 7) is 0.930. The Morgan fingerprint density at radius 2 is 1.82 bits per heavy atom. The maximum atomic E-state index is 5.79. The molecule has 0 saturated heterocycles. The normalized spacial score (nSPS) is 10.4. The quantitative estimate of drug-likeness (QED) is 0.904. The van der Waals surface area contributed by atoms with E-state index in [1.54, 1.807) is 6.20 Å². The minimum atomic E-state index is 0.409. The first-order valence-electron chi connectivity index (χ1n) is 5.12. The third kappa shape index (κ3) is 3.69. The molecule has 5 heteroatoms. The Hall–Kier alpha value is -1.65. The van der Waals surface area contributed by atoms with Crippen LogP contribution in [-0.2, 0) is 18.0 Å². The van der Waals surface area contributed by atoms with Gasteiger partial charge in [0, 0.05) is 5.02 Å². The number of hydrogen-bond acceptors (Lipinski definition) is 4. The first kappa shape index (κ1) is 11.8. The van der Waals surface area contributed by atoms with Crippen LogP contribution < -0.4 is 5.73 Å². The molecular formula is C12H12ClN3O. The van der Waals surface area contributed by atoms with Gasteiger partial charge in [-0.15, -0.1) is 0 Å². The number of nitrogens with zero attached hydrogens (tertiary/aromatic N) is 2. The first-order chi connectivity index (χ1) is 8.24. The molecule has 0 unspecified atom stereocenters. The van der Waals surface area contributed by atoms with Gasteiger partial charge in [0.25, 0.3) is 0 Å². The number of benzene rings is 1. The van der Waals surface area contributed by atoms with Crippen molar-refractivity contribution in [2.45, 2.75) is 13.2 Å². The standard InChI is InChI=1S/C12H12ClN3O/c13-10-3-1-9(2-4-10)7-17-8-11-5-16-12(14)6-15-11/h1-6H,7-8H2,(H2,14,16). The molecule has 17 heavy (non-hydrogen) atoms. The molecule has 0 atom stereocenters. The van der Waals surface area contributed by atoms with Crippen molar-refractivity contribution in [3.05, 3.63) is 52.9 Å².